The lowest BCUT2D eigenvalue weighted by atomic mass is 9.92. The normalized spacial score (nSPS) is 14.9. The summed E-state index contributed by atoms with van der Waals surface area (Å²) in [4.78, 5) is 0.187. The van der Waals surface area contributed by atoms with Crippen LogP contribution < -0.4 is 4.72 Å². The molecule has 4 nitrogen and oxygen atoms in total. The molecule has 0 spiro atoms. The Balaban J connectivity index is 3.08. The van der Waals surface area contributed by atoms with Crippen LogP contribution in [0.15, 0.2) is 29.2 Å². The molecule has 1 N–H and O–H groups in total. The first-order valence-electron chi connectivity index (χ1n) is 6.29. The molecule has 0 radical (unpaired) electrons. The molecule has 0 amide bonds. The van der Waals surface area contributed by atoms with E-state index < -0.39 is 15.6 Å². The zero-order valence-corrected chi connectivity index (χ0v) is 12.6. The van der Waals surface area contributed by atoms with Crippen LogP contribution in [0.1, 0.15) is 33.3 Å². The molecule has 0 saturated carbocycles. The molecule has 0 unspecified atom stereocenters. The Morgan fingerprint density at radius 1 is 1.32 bits per heavy atom. The number of hydrogen-bond donors (Lipinski definition) is 1. The molecule has 1 rings (SSSR count). The van der Waals surface area contributed by atoms with Gasteiger partial charge in [0, 0.05) is 0 Å². The number of rotatable bonds is 5. The van der Waals surface area contributed by atoms with E-state index >= 15 is 0 Å². The molecule has 0 aliphatic heterocycles. The summed E-state index contributed by atoms with van der Waals surface area (Å²) < 4.78 is 27.0. The lowest BCUT2D eigenvalue weighted by molar-refractivity contribution is 0.389. The van der Waals surface area contributed by atoms with Crippen LogP contribution in [0, 0.1) is 17.2 Å². The van der Waals surface area contributed by atoms with Gasteiger partial charge >= 0.3 is 0 Å². The van der Waals surface area contributed by atoms with Crippen molar-refractivity contribution in [3.63, 3.8) is 0 Å². The lowest BCUT2D eigenvalue weighted by Gasteiger charge is -2.26. The number of aryl methyl sites for hydroxylation is 1. The molecule has 0 saturated heterocycles. The second-order valence-corrected chi connectivity index (χ2v) is 6.75. The predicted molar refractivity (Wildman–Crippen MR) is 75.0 cm³/mol. The van der Waals surface area contributed by atoms with Crippen molar-refractivity contribution in [3.05, 3.63) is 29.8 Å². The van der Waals surface area contributed by atoms with E-state index in [9.17, 15) is 13.7 Å². The Hall–Kier alpha value is -1.38. The number of hydrogen-bond acceptors (Lipinski definition) is 3. The van der Waals surface area contributed by atoms with Crippen molar-refractivity contribution in [1.82, 2.24) is 4.72 Å². The maximum absolute atomic E-state index is 12.2. The monoisotopic (exact) mass is 280 g/mol. The molecular formula is C14H20N2O2S. The molecule has 104 valence electrons. The highest BCUT2D eigenvalue weighted by atomic mass is 32.2. The van der Waals surface area contributed by atoms with Gasteiger partial charge in [0.2, 0.25) is 10.0 Å². The highest BCUT2D eigenvalue weighted by Gasteiger charge is 2.33. The fraction of sp³-hybridized carbons (Fsp3) is 0.500. The van der Waals surface area contributed by atoms with Gasteiger partial charge < -0.3 is 0 Å². The summed E-state index contributed by atoms with van der Waals surface area (Å²) in [5.41, 5.74) is -0.0340. The second kappa shape index (κ2) is 5.72. The molecule has 1 aromatic rings. The molecular weight excluding hydrogens is 260 g/mol. The number of benzene rings is 1. The Labute approximate surface area is 115 Å². The quantitative estimate of drug-likeness (QED) is 0.900. The van der Waals surface area contributed by atoms with Crippen LogP contribution in [0.4, 0.5) is 0 Å². The van der Waals surface area contributed by atoms with Gasteiger partial charge in [0.1, 0.15) is 5.54 Å². The minimum Gasteiger partial charge on any atom is -0.207 e. The van der Waals surface area contributed by atoms with E-state index in [4.69, 9.17) is 0 Å². The summed E-state index contributed by atoms with van der Waals surface area (Å²) in [6, 6.07) is 8.74. The zero-order chi connectivity index (χ0) is 14.7. The third kappa shape index (κ3) is 3.55. The molecule has 1 atom stereocenters. The SMILES string of the molecule is CCc1ccc(S(=O)(=O)N[C@@](C)(C#N)C(C)C)cc1. The van der Waals surface area contributed by atoms with Crippen LogP contribution in [0.2, 0.25) is 0 Å². The van der Waals surface area contributed by atoms with Crippen molar-refractivity contribution in [2.24, 2.45) is 5.92 Å². The van der Waals surface area contributed by atoms with Gasteiger partial charge in [-0.2, -0.15) is 9.98 Å². The fourth-order valence-electron chi connectivity index (χ4n) is 1.51. The van der Waals surface area contributed by atoms with E-state index in [1.54, 1.807) is 31.2 Å². The van der Waals surface area contributed by atoms with E-state index in [1.165, 1.54) is 0 Å². The van der Waals surface area contributed by atoms with E-state index in [1.807, 2.05) is 26.8 Å². The van der Waals surface area contributed by atoms with Gasteiger partial charge in [-0.25, -0.2) is 8.42 Å². The minimum atomic E-state index is -3.67. The fourth-order valence-corrected chi connectivity index (χ4v) is 2.96. The van der Waals surface area contributed by atoms with Crippen LogP contribution >= 0.6 is 0 Å². The van der Waals surface area contributed by atoms with E-state index in [0.29, 0.717) is 0 Å². The summed E-state index contributed by atoms with van der Waals surface area (Å²) in [5, 5.41) is 9.17. The maximum atomic E-state index is 12.2. The molecule has 0 bridgehead atoms. The van der Waals surface area contributed by atoms with Crippen molar-refractivity contribution < 1.29 is 8.42 Å². The lowest BCUT2D eigenvalue weighted by Crippen LogP contribution is -2.48. The highest BCUT2D eigenvalue weighted by Crippen LogP contribution is 2.20. The van der Waals surface area contributed by atoms with Crippen molar-refractivity contribution in [1.29, 1.82) is 5.26 Å². The van der Waals surface area contributed by atoms with Gasteiger partial charge in [0.05, 0.1) is 11.0 Å². The number of sulfonamides is 1. The molecule has 1 aromatic carbocycles. The highest BCUT2D eigenvalue weighted by molar-refractivity contribution is 7.89. The molecule has 19 heavy (non-hydrogen) atoms. The van der Waals surface area contributed by atoms with Crippen LogP contribution in [0.5, 0.6) is 0 Å². The number of nitrogens with one attached hydrogen (secondary N) is 1. The molecule has 5 heteroatoms. The molecule has 0 aromatic heterocycles. The van der Waals surface area contributed by atoms with E-state index in [2.05, 4.69) is 4.72 Å². The predicted octanol–water partition coefficient (Wildman–Crippen LogP) is 2.47. The molecule has 0 aliphatic rings. The largest absolute Gasteiger partial charge is 0.241 e. The van der Waals surface area contributed by atoms with Crippen molar-refractivity contribution >= 4 is 10.0 Å². The summed E-state index contributed by atoms with van der Waals surface area (Å²) in [5.74, 6) is -0.123. The van der Waals surface area contributed by atoms with E-state index in [-0.39, 0.29) is 10.8 Å². The van der Waals surface area contributed by atoms with Gasteiger partial charge in [-0.3, -0.25) is 0 Å². The second-order valence-electron chi connectivity index (χ2n) is 5.07. The molecule has 0 fully saturated rings. The van der Waals surface area contributed by atoms with Crippen LogP contribution in [0.25, 0.3) is 0 Å². The van der Waals surface area contributed by atoms with Crippen LogP contribution in [-0.4, -0.2) is 14.0 Å². The van der Waals surface area contributed by atoms with Crippen molar-refractivity contribution in [3.8, 4) is 6.07 Å². The zero-order valence-electron chi connectivity index (χ0n) is 11.8. The number of nitriles is 1. The standard InChI is InChI=1S/C14H20N2O2S/c1-5-12-6-8-13(9-7-12)19(17,18)16-14(4,10-15)11(2)3/h6-9,11,16H,5H2,1-4H3/t14-/m0/s1. The maximum Gasteiger partial charge on any atom is 0.241 e. The summed E-state index contributed by atoms with van der Waals surface area (Å²) in [7, 11) is -3.67. The Kier molecular flexibility index (Phi) is 4.72. The van der Waals surface area contributed by atoms with Crippen LogP contribution in [-0.2, 0) is 16.4 Å². The third-order valence-corrected chi connectivity index (χ3v) is 4.96. The van der Waals surface area contributed by atoms with Crippen molar-refractivity contribution in [2.45, 2.75) is 44.6 Å². The smallest absolute Gasteiger partial charge is 0.207 e. The molecule has 0 aliphatic carbocycles. The average Bonchev–Trinajstić information content (AvgIpc) is 2.38. The van der Waals surface area contributed by atoms with Gasteiger partial charge in [-0.05, 0) is 37.0 Å². The van der Waals surface area contributed by atoms with Gasteiger partial charge in [-0.1, -0.05) is 32.9 Å². The van der Waals surface area contributed by atoms with Crippen LogP contribution in [0.3, 0.4) is 0 Å². The van der Waals surface area contributed by atoms with Gasteiger partial charge in [0.25, 0.3) is 0 Å². The van der Waals surface area contributed by atoms with Gasteiger partial charge in [0.15, 0.2) is 0 Å². The van der Waals surface area contributed by atoms with Gasteiger partial charge in [-0.15, -0.1) is 0 Å². The number of nitrogens with zero attached hydrogens (tertiary/aromatic N) is 1. The van der Waals surface area contributed by atoms with E-state index in [0.717, 1.165) is 12.0 Å². The Bertz CT molecular complexity index is 570. The third-order valence-electron chi connectivity index (χ3n) is 3.38. The Morgan fingerprint density at radius 3 is 2.21 bits per heavy atom. The minimum absolute atomic E-state index is 0.123. The summed E-state index contributed by atoms with van der Waals surface area (Å²) in [6.07, 6.45) is 0.857. The topological polar surface area (TPSA) is 70.0 Å². The first-order valence-corrected chi connectivity index (χ1v) is 7.77. The Morgan fingerprint density at radius 2 is 1.84 bits per heavy atom. The first kappa shape index (κ1) is 15.7. The van der Waals surface area contributed by atoms with Crippen molar-refractivity contribution in [2.75, 3.05) is 0 Å². The summed E-state index contributed by atoms with van der Waals surface area (Å²) in [6.45, 7) is 7.22. The first-order chi connectivity index (χ1) is 8.75. The molecule has 0 heterocycles. The average molecular weight is 280 g/mol. The summed E-state index contributed by atoms with van der Waals surface area (Å²) >= 11 is 0.